The molecule has 0 bridgehead atoms. The number of fused-ring (bicyclic) bond motifs is 1. The van der Waals surface area contributed by atoms with Crippen molar-refractivity contribution in [1.82, 2.24) is 5.32 Å². The highest BCUT2D eigenvalue weighted by Crippen LogP contribution is 2.36. The third-order valence-corrected chi connectivity index (χ3v) is 3.75. The molecule has 20 heavy (non-hydrogen) atoms. The largest absolute Gasteiger partial charge is 0.486 e. The second-order valence-electron chi connectivity index (χ2n) is 4.36. The van der Waals surface area contributed by atoms with Crippen LogP contribution in [0, 0.1) is 0 Å². The highest BCUT2D eigenvalue weighted by molar-refractivity contribution is 7.98. The first-order valence-electron chi connectivity index (χ1n) is 6.26. The Hall–Kier alpha value is -1.44. The number of carbonyl (C=O) groups excluding carboxylic acids is 1. The number of hydrogen-bond donors (Lipinski definition) is 3. The number of nitrogens with two attached hydrogens (primary N) is 1. The van der Waals surface area contributed by atoms with E-state index in [2.05, 4.69) is 5.32 Å². The molecule has 1 aromatic rings. The van der Waals surface area contributed by atoms with Crippen LogP contribution in [0.3, 0.4) is 0 Å². The van der Waals surface area contributed by atoms with E-state index in [4.69, 9.17) is 15.2 Å². The highest BCUT2D eigenvalue weighted by Gasteiger charge is 2.16. The van der Waals surface area contributed by atoms with Crippen LogP contribution in [-0.2, 0) is 11.3 Å². The number of aliphatic hydroxyl groups excluding tert-OH is 1. The molecule has 110 valence electrons. The number of primary amides is 1. The fraction of sp³-hybridized carbons (Fsp3) is 0.462. The summed E-state index contributed by atoms with van der Waals surface area (Å²) in [4.78, 5) is 11.8. The molecular formula is C13H18N2O4S. The normalized spacial score (nSPS) is 14.9. The first kappa shape index (κ1) is 15.0. The summed E-state index contributed by atoms with van der Waals surface area (Å²) in [6.07, 6.45) is 0.803. The number of benzene rings is 1. The quantitative estimate of drug-likeness (QED) is 0.646. The number of nitrogens with one attached hydrogen (secondary N) is 1. The predicted molar refractivity (Wildman–Crippen MR) is 76.1 cm³/mol. The van der Waals surface area contributed by atoms with Gasteiger partial charge in [-0.15, -0.1) is 11.8 Å². The lowest BCUT2D eigenvalue weighted by molar-refractivity contribution is -0.125. The molecular weight excluding hydrogens is 280 g/mol. The molecule has 1 aliphatic heterocycles. The van der Waals surface area contributed by atoms with Crippen LogP contribution in [-0.4, -0.2) is 43.1 Å². The molecule has 4 N–H and O–H groups in total. The van der Waals surface area contributed by atoms with Crippen LogP contribution in [0.5, 0.6) is 11.5 Å². The second kappa shape index (κ2) is 6.83. The number of amides is 1. The van der Waals surface area contributed by atoms with E-state index in [0.717, 1.165) is 22.0 Å². The molecule has 1 unspecified atom stereocenters. The Morgan fingerprint density at radius 2 is 2.10 bits per heavy atom. The zero-order valence-electron chi connectivity index (χ0n) is 11.2. The van der Waals surface area contributed by atoms with Crippen LogP contribution >= 0.6 is 11.8 Å². The summed E-state index contributed by atoms with van der Waals surface area (Å²) in [5.41, 5.74) is 6.02. The standard InChI is InChI=1S/C13H18N2O4S/c1-20-12-5-11-10(18-2-3-19-11)4-8(12)6-15-7-9(16)13(14)17/h4-5,9,15-16H,2-3,6-7H2,1H3,(H2,14,17). The lowest BCUT2D eigenvalue weighted by Gasteiger charge is -2.21. The number of rotatable bonds is 6. The van der Waals surface area contributed by atoms with E-state index < -0.39 is 12.0 Å². The Labute approximate surface area is 121 Å². The summed E-state index contributed by atoms with van der Waals surface area (Å²) < 4.78 is 11.1. The van der Waals surface area contributed by atoms with E-state index in [-0.39, 0.29) is 6.54 Å². The maximum atomic E-state index is 10.7. The molecule has 2 rings (SSSR count). The third-order valence-electron chi connectivity index (χ3n) is 2.93. The molecule has 1 atom stereocenters. The lowest BCUT2D eigenvalue weighted by Crippen LogP contribution is -2.37. The van der Waals surface area contributed by atoms with Crippen molar-refractivity contribution in [2.24, 2.45) is 5.73 Å². The molecule has 0 fully saturated rings. The summed E-state index contributed by atoms with van der Waals surface area (Å²) in [5.74, 6) is 0.743. The van der Waals surface area contributed by atoms with Gasteiger partial charge in [-0.05, 0) is 24.0 Å². The minimum atomic E-state index is -1.18. The van der Waals surface area contributed by atoms with Crippen LogP contribution in [0.1, 0.15) is 5.56 Å². The third kappa shape index (κ3) is 3.56. The van der Waals surface area contributed by atoms with E-state index in [1.165, 1.54) is 0 Å². The van der Waals surface area contributed by atoms with Gasteiger partial charge in [-0.3, -0.25) is 4.79 Å². The molecule has 1 heterocycles. The number of hydrogen-bond acceptors (Lipinski definition) is 6. The Morgan fingerprint density at radius 1 is 1.45 bits per heavy atom. The average molecular weight is 298 g/mol. The van der Waals surface area contributed by atoms with E-state index >= 15 is 0 Å². The SMILES string of the molecule is CSc1cc2c(cc1CNCC(O)C(N)=O)OCCO2. The van der Waals surface area contributed by atoms with Crippen molar-refractivity contribution < 1.29 is 19.4 Å². The molecule has 1 amide bonds. The summed E-state index contributed by atoms with van der Waals surface area (Å²) in [6, 6.07) is 3.87. The van der Waals surface area contributed by atoms with Crippen LogP contribution in [0.15, 0.2) is 17.0 Å². The Balaban J connectivity index is 2.04. The van der Waals surface area contributed by atoms with Crippen molar-refractivity contribution in [1.29, 1.82) is 0 Å². The molecule has 0 saturated carbocycles. The second-order valence-corrected chi connectivity index (χ2v) is 5.20. The minimum absolute atomic E-state index is 0.123. The first-order valence-corrected chi connectivity index (χ1v) is 7.49. The van der Waals surface area contributed by atoms with Gasteiger partial charge < -0.3 is 25.6 Å². The number of ether oxygens (including phenoxy) is 2. The van der Waals surface area contributed by atoms with Gasteiger partial charge in [0.25, 0.3) is 0 Å². The number of carbonyl (C=O) groups is 1. The summed E-state index contributed by atoms with van der Waals surface area (Å²) in [7, 11) is 0. The fourth-order valence-corrected chi connectivity index (χ4v) is 2.50. The van der Waals surface area contributed by atoms with Crippen molar-refractivity contribution in [3.63, 3.8) is 0 Å². The average Bonchev–Trinajstić information content (AvgIpc) is 2.46. The van der Waals surface area contributed by atoms with Gasteiger partial charge in [-0.2, -0.15) is 0 Å². The Bertz CT molecular complexity index is 496. The van der Waals surface area contributed by atoms with Crippen LogP contribution in [0.25, 0.3) is 0 Å². The van der Waals surface area contributed by atoms with Crippen LogP contribution in [0.2, 0.25) is 0 Å². The first-order chi connectivity index (χ1) is 9.61. The molecule has 0 aromatic heterocycles. The van der Waals surface area contributed by atoms with Gasteiger partial charge >= 0.3 is 0 Å². The smallest absolute Gasteiger partial charge is 0.247 e. The van der Waals surface area contributed by atoms with Gasteiger partial charge in [0.1, 0.15) is 19.3 Å². The Morgan fingerprint density at radius 3 is 2.70 bits per heavy atom. The van der Waals surface area contributed by atoms with E-state index in [1.807, 2.05) is 18.4 Å². The molecule has 6 nitrogen and oxygen atoms in total. The van der Waals surface area contributed by atoms with Crippen molar-refractivity contribution in [3.8, 4) is 11.5 Å². The summed E-state index contributed by atoms with van der Waals surface area (Å²) >= 11 is 1.60. The molecule has 0 radical (unpaired) electrons. The molecule has 0 spiro atoms. The van der Waals surface area contributed by atoms with Gasteiger partial charge in [-0.25, -0.2) is 0 Å². The van der Waals surface area contributed by atoms with Crippen molar-refractivity contribution >= 4 is 17.7 Å². The molecule has 7 heteroatoms. The maximum absolute atomic E-state index is 10.7. The minimum Gasteiger partial charge on any atom is -0.486 e. The molecule has 0 saturated heterocycles. The van der Waals surface area contributed by atoms with Crippen molar-refractivity contribution in [3.05, 3.63) is 17.7 Å². The topological polar surface area (TPSA) is 93.8 Å². The highest BCUT2D eigenvalue weighted by atomic mass is 32.2. The zero-order chi connectivity index (χ0) is 14.5. The van der Waals surface area contributed by atoms with Crippen molar-refractivity contribution in [2.75, 3.05) is 26.0 Å². The number of aliphatic hydroxyl groups is 1. The molecule has 1 aliphatic rings. The van der Waals surface area contributed by atoms with Gasteiger partial charge in [-0.1, -0.05) is 0 Å². The maximum Gasteiger partial charge on any atom is 0.247 e. The lowest BCUT2D eigenvalue weighted by atomic mass is 10.2. The van der Waals surface area contributed by atoms with E-state index in [9.17, 15) is 9.90 Å². The van der Waals surface area contributed by atoms with Crippen LogP contribution in [0.4, 0.5) is 0 Å². The zero-order valence-corrected chi connectivity index (χ0v) is 12.0. The van der Waals surface area contributed by atoms with Gasteiger partial charge in [0.2, 0.25) is 5.91 Å². The van der Waals surface area contributed by atoms with Crippen molar-refractivity contribution in [2.45, 2.75) is 17.5 Å². The summed E-state index contributed by atoms with van der Waals surface area (Å²) in [6.45, 7) is 1.73. The Kier molecular flexibility index (Phi) is 5.11. The van der Waals surface area contributed by atoms with Gasteiger partial charge in [0.05, 0.1) is 0 Å². The van der Waals surface area contributed by atoms with E-state index in [1.54, 1.807) is 11.8 Å². The number of thioether (sulfide) groups is 1. The monoisotopic (exact) mass is 298 g/mol. The van der Waals surface area contributed by atoms with Gasteiger partial charge in [0, 0.05) is 18.0 Å². The van der Waals surface area contributed by atoms with E-state index in [0.29, 0.717) is 19.8 Å². The summed E-state index contributed by atoms with van der Waals surface area (Å²) in [5, 5.41) is 12.3. The van der Waals surface area contributed by atoms with Crippen LogP contribution < -0.4 is 20.5 Å². The molecule has 1 aromatic carbocycles. The molecule has 0 aliphatic carbocycles. The predicted octanol–water partition coefficient (Wildman–Crippen LogP) is 0.115. The fourth-order valence-electron chi connectivity index (χ4n) is 1.88. The van der Waals surface area contributed by atoms with Gasteiger partial charge in [0.15, 0.2) is 11.5 Å².